The van der Waals surface area contributed by atoms with Crippen molar-refractivity contribution in [1.29, 1.82) is 0 Å². The fourth-order valence-electron chi connectivity index (χ4n) is 4.40. The number of nitrogens with zero attached hydrogens (tertiary/aromatic N) is 7. The lowest BCUT2D eigenvalue weighted by atomic mass is 10.1. The molecule has 10 nitrogen and oxygen atoms in total. The van der Waals surface area contributed by atoms with Crippen molar-refractivity contribution in [3.05, 3.63) is 59.5 Å². The Balaban J connectivity index is 1.24. The van der Waals surface area contributed by atoms with Crippen LogP contribution in [0.5, 0.6) is 5.88 Å². The zero-order valence-electron chi connectivity index (χ0n) is 21.8. The van der Waals surface area contributed by atoms with Gasteiger partial charge in [0.25, 0.3) is 5.92 Å². The molecule has 1 aliphatic rings. The van der Waals surface area contributed by atoms with Crippen LogP contribution in [0, 0.1) is 5.82 Å². The maximum atomic E-state index is 15.1. The molecule has 0 radical (unpaired) electrons. The number of nitrogens with two attached hydrogens (primary N) is 1. The Bertz CT molecular complexity index is 1510. The van der Waals surface area contributed by atoms with Crippen LogP contribution in [0.4, 0.5) is 24.7 Å². The Morgan fingerprint density at radius 1 is 1.15 bits per heavy atom. The number of aryl methyl sites for hydroxylation is 1. The first-order chi connectivity index (χ1) is 19.1. The van der Waals surface area contributed by atoms with Crippen molar-refractivity contribution in [1.82, 2.24) is 34.6 Å². The summed E-state index contributed by atoms with van der Waals surface area (Å²) >= 11 is 6.14. The van der Waals surface area contributed by atoms with Crippen molar-refractivity contribution in [2.75, 3.05) is 30.7 Å². The summed E-state index contributed by atoms with van der Waals surface area (Å²) in [4.78, 5) is 18.4. The van der Waals surface area contributed by atoms with Gasteiger partial charge in [0, 0.05) is 55.9 Å². The molecule has 1 atom stereocenters. The minimum absolute atomic E-state index is 0.0782. The van der Waals surface area contributed by atoms with Crippen LogP contribution in [0.2, 0.25) is 5.15 Å². The van der Waals surface area contributed by atoms with E-state index in [2.05, 4.69) is 30.4 Å². The van der Waals surface area contributed by atoms with Crippen molar-refractivity contribution in [3.63, 3.8) is 0 Å². The van der Waals surface area contributed by atoms with Crippen molar-refractivity contribution >= 4 is 23.1 Å². The van der Waals surface area contributed by atoms with E-state index in [0.29, 0.717) is 52.9 Å². The summed E-state index contributed by atoms with van der Waals surface area (Å²) < 4.78 is 49.0. The Morgan fingerprint density at radius 2 is 1.95 bits per heavy atom. The summed E-state index contributed by atoms with van der Waals surface area (Å²) in [6, 6.07) is 4.39. The van der Waals surface area contributed by atoms with Gasteiger partial charge in [-0.2, -0.15) is 5.10 Å². The molecule has 1 fully saturated rings. The Labute approximate surface area is 233 Å². The summed E-state index contributed by atoms with van der Waals surface area (Å²) in [5.41, 5.74) is 7.96. The number of hydrogen-bond donors (Lipinski definition) is 2. The first-order valence-electron chi connectivity index (χ1n) is 12.5. The SMILES string of the molecule is C[C@@H](CCOc1c(-c2nccc(N)n2)cnn1C)Nc1cc(Cl)ncc1-c1ncc(CN2CC(F)(F)C2)cc1F. The zero-order chi connectivity index (χ0) is 28.4. The van der Waals surface area contributed by atoms with E-state index in [1.54, 1.807) is 36.3 Å². The summed E-state index contributed by atoms with van der Waals surface area (Å²) in [5.74, 6) is -2.02. The molecule has 1 aliphatic heterocycles. The van der Waals surface area contributed by atoms with Crippen LogP contribution in [-0.4, -0.2) is 66.3 Å². The van der Waals surface area contributed by atoms with Gasteiger partial charge in [-0.05, 0) is 30.7 Å². The Hall–Kier alpha value is -3.97. The van der Waals surface area contributed by atoms with Gasteiger partial charge in [-0.15, -0.1) is 0 Å². The van der Waals surface area contributed by atoms with Crippen molar-refractivity contribution in [2.24, 2.45) is 7.05 Å². The van der Waals surface area contributed by atoms with E-state index < -0.39 is 11.7 Å². The number of nitrogens with one attached hydrogen (secondary N) is 1. The highest BCUT2D eigenvalue weighted by atomic mass is 35.5. The molecule has 210 valence electrons. The molecule has 5 heterocycles. The standard InChI is InChI=1S/C26H27ClF3N9O/c1-15(4-6-40-25-18(11-35-38(25)2)24-32-5-3-22(31)37-24)36-20-8-21(27)33-10-17(20)23-19(28)7-16(9-34-23)12-39-13-26(29,30)14-39/h3,5,7-11,15H,4,6,12-14H2,1-2H3,(H,33,36)(H2,31,32,37)/t15-/m0/s1. The molecule has 4 aromatic rings. The predicted octanol–water partition coefficient (Wildman–Crippen LogP) is 4.43. The lowest BCUT2D eigenvalue weighted by Crippen LogP contribution is -2.55. The number of halogens is 4. The monoisotopic (exact) mass is 573 g/mol. The average molecular weight is 574 g/mol. The Kier molecular flexibility index (Phi) is 7.76. The zero-order valence-corrected chi connectivity index (χ0v) is 22.5. The van der Waals surface area contributed by atoms with Gasteiger partial charge in [0.2, 0.25) is 5.88 Å². The third kappa shape index (κ3) is 6.26. The molecule has 0 spiro atoms. The topological polar surface area (TPSA) is 120 Å². The van der Waals surface area contributed by atoms with E-state index in [4.69, 9.17) is 22.1 Å². The molecule has 0 amide bonds. The molecule has 0 aromatic carbocycles. The van der Waals surface area contributed by atoms with Crippen molar-refractivity contribution in [3.8, 4) is 28.5 Å². The number of alkyl halides is 2. The van der Waals surface area contributed by atoms with Gasteiger partial charge in [0.1, 0.15) is 28.0 Å². The fraction of sp³-hybridized carbons (Fsp3) is 0.346. The van der Waals surface area contributed by atoms with E-state index in [9.17, 15) is 8.78 Å². The normalized spacial score (nSPS) is 15.4. The summed E-state index contributed by atoms with van der Waals surface area (Å²) in [6.07, 6.45) is 6.68. The number of ether oxygens (including phenoxy) is 1. The number of nitrogen functional groups attached to an aromatic ring is 1. The maximum absolute atomic E-state index is 15.1. The molecule has 14 heteroatoms. The van der Waals surface area contributed by atoms with Gasteiger partial charge in [0.15, 0.2) is 5.82 Å². The number of likely N-dealkylation sites (tertiary alicyclic amines) is 1. The molecule has 40 heavy (non-hydrogen) atoms. The third-order valence-corrected chi connectivity index (χ3v) is 6.54. The second kappa shape index (κ2) is 11.3. The number of pyridine rings is 2. The van der Waals surface area contributed by atoms with Crippen molar-refractivity contribution < 1.29 is 17.9 Å². The van der Waals surface area contributed by atoms with Crippen LogP contribution < -0.4 is 15.8 Å². The Morgan fingerprint density at radius 3 is 2.67 bits per heavy atom. The van der Waals surface area contributed by atoms with Crippen LogP contribution in [0.25, 0.3) is 22.6 Å². The van der Waals surface area contributed by atoms with Crippen LogP contribution in [0.1, 0.15) is 18.9 Å². The first kappa shape index (κ1) is 27.6. The second-order valence-electron chi connectivity index (χ2n) is 9.70. The molecule has 1 saturated heterocycles. The maximum Gasteiger partial charge on any atom is 0.272 e. The van der Waals surface area contributed by atoms with Gasteiger partial charge >= 0.3 is 0 Å². The minimum atomic E-state index is -2.69. The molecule has 0 unspecified atom stereocenters. The highest BCUT2D eigenvalue weighted by Gasteiger charge is 2.43. The first-order valence-corrected chi connectivity index (χ1v) is 12.9. The lowest BCUT2D eigenvalue weighted by Gasteiger charge is -2.38. The summed E-state index contributed by atoms with van der Waals surface area (Å²) in [7, 11) is 1.75. The van der Waals surface area contributed by atoms with Gasteiger partial charge < -0.3 is 15.8 Å². The number of rotatable bonds is 10. The molecule has 4 aromatic heterocycles. The third-order valence-electron chi connectivity index (χ3n) is 6.33. The van der Waals surface area contributed by atoms with Gasteiger partial charge in [-0.1, -0.05) is 11.6 Å². The second-order valence-corrected chi connectivity index (χ2v) is 10.1. The van der Waals surface area contributed by atoms with E-state index in [0.717, 1.165) is 0 Å². The van der Waals surface area contributed by atoms with Crippen LogP contribution >= 0.6 is 11.6 Å². The van der Waals surface area contributed by atoms with Crippen molar-refractivity contribution in [2.45, 2.75) is 31.9 Å². The van der Waals surface area contributed by atoms with E-state index in [1.165, 1.54) is 23.4 Å². The average Bonchev–Trinajstić information content (AvgIpc) is 3.24. The molecule has 0 saturated carbocycles. The van der Waals surface area contributed by atoms with E-state index in [-0.39, 0.29) is 36.5 Å². The fourth-order valence-corrected chi connectivity index (χ4v) is 4.56. The van der Waals surface area contributed by atoms with Crippen LogP contribution in [0.15, 0.2) is 43.0 Å². The number of anilines is 2. The van der Waals surface area contributed by atoms with Gasteiger partial charge in [-0.25, -0.2) is 32.8 Å². The minimum Gasteiger partial charge on any atom is -0.477 e. The van der Waals surface area contributed by atoms with Gasteiger partial charge in [0.05, 0.1) is 25.9 Å². The number of hydrogen-bond acceptors (Lipinski definition) is 9. The summed E-state index contributed by atoms with van der Waals surface area (Å²) in [6.45, 7) is 1.78. The van der Waals surface area contributed by atoms with E-state index in [1.807, 2.05) is 6.92 Å². The van der Waals surface area contributed by atoms with Gasteiger partial charge in [-0.3, -0.25) is 9.88 Å². The van der Waals surface area contributed by atoms with Crippen LogP contribution in [-0.2, 0) is 13.6 Å². The highest BCUT2D eigenvalue weighted by molar-refractivity contribution is 6.29. The molecule has 5 rings (SSSR count). The lowest BCUT2D eigenvalue weighted by molar-refractivity contribution is -0.133. The highest BCUT2D eigenvalue weighted by Crippen LogP contribution is 2.33. The molecule has 3 N–H and O–H groups in total. The predicted molar refractivity (Wildman–Crippen MR) is 145 cm³/mol. The molecule has 0 bridgehead atoms. The molecule has 0 aliphatic carbocycles. The smallest absolute Gasteiger partial charge is 0.272 e. The molecular weight excluding hydrogens is 547 g/mol. The largest absolute Gasteiger partial charge is 0.477 e. The quantitative estimate of drug-likeness (QED) is 0.265. The molecular formula is C26H27ClF3N9O. The summed E-state index contributed by atoms with van der Waals surface area (Å²) in [5, 5.41) is 7.80. The van der Waals surface area contributed by atoms with Crippen LogP contribution in [0.3, 0.4) is 0 Å². The van der Waals surface area contributed by atoms with E-state index >= 15 is 4.39 Å². The number of aromatic nitrogens is 6.